The molecular formula is C31H41N7O4S. The van der Waals surface area contributed by atoms with Crippen molar-refractivity contribution in [2.45, 2.75) is 69.9 Å². The lowest BCUT2D eigenvalue weighted by atomic mass is 10.0. The number of benzene rings is 2. The van der Waals surface area contributed by atoms with Gasteiger partial charge in [0.1, 0.15) is 0 Å². The van der Waals surface area contributed by atoms with Gasteiger partial charge in [0, 0.05) is 36.7 Å². The summed E-state index contributed by atoms with van der Waals surface area (Å²) < 4.78 is 31.1. The summed E-state index contributed by atoms with van der Waals surface area (Å²) >= 11 is 0. The van der Waals surface area contributed by atoms with Gasteiger partial charge < -0.3 is 10.4 Å². The smallest absolute Gasteiger partial charge is 0.368 e. The lowest BCUT2D eigenvalue weighted by Gasteiger charge is -2.12. The molecule has 1 fully saturated rings. The molecule has 0 bridgehead atoms. The van der Waals surface area contributed by atoms with Crippen LogP contribution in [-0.2, 0) is 23.0 Å². The standard InChI is InChI=1S/C30H37N7O4S.CH4/c38-29(25-8-3-18-31-21-25)22-32-19-17-24-9-11-26(12-10-24)33-42(40,41)28-15-13-27(14-16-28)37-30(39)36(34-35-37)20-4-7-23-5-1-2-6-23;/h3,8-16,18,21,23,29,32-33,38H,1-2,4-7,17,19-20,22H2;1H4/t29-;/m0./s1. The summed E-state index contributed by atoms with van der Waals surface area (Å²) in [7, 11) is -3.83. The van der Waals surface area contributed by atoms with Gasteiger partial charge in [-0.25, -0.2) is 13.2 Å². The minimum absolute atomic E-state index is 0. The Morgan fingerprint density at radius 3 is 2.44 bits per heavy atom. The molecule has 5 rings (SSSR count). The molecule has 3 N–H and O–H groups in total. The number of pyridine rings is 1. The predicted molar refractivity (Wildman–Crippen MR) is 167 cm³/mol. The van der Waals surface area contributed by atoms with Crippen LogP contribution in [0.1, 0.15) is 63.2 Å². The zero-order chi connectivity index (χ0) is 29.4. The van der Waals surface area contributed by atoms with Crippen molar-refractivity contribution >= 4 is 15.7 Å². The van der Waals surface area contributed by atoms with E-state index in [9.17, 15) is 18.3 Å². The maximum atomic E-state index is 13.0. The summed E-state index contributed by atoms with van der Waals surface area (Å²) in [6.45, 7) is 1.60. The van der Waals surface area contributed by atoms with Crippen LogP contribution in [0.4, 0.5) is 5.69 Å². The van der Waals surface area contributed by atoms with E-state index in [4.69, 9.17) is 0 Å². The van der Waals surface area contributed by atoms with Gasteiger partial charge in [0.15, 0.2) is 0 Å². The van der Waals surface area contributed by atoms with E-state index in [1.165, 1.54) is 47.2 Å². The number of anilines is 1. The molecule has 12 heteroatoms. The number of rotatable bonds is 14. The van der Waals surface area contributed by atoms with Crippen LogP contribution in [0, 0.1) is 5.92 Å². The van der Waals surface area contributed by atoms with Crippen LogP contribution in [-0.4, -0.2) is 51.4 Å². The molecule has 1 atom stereocenters. The molecule has 0 spiro atoms. The van der Waals surface area contributed by atoms with Crippen molar-refractivity contribution in [3.05, 3.63) is 94.7 Å². The van der Waals surface area contributed by atoms with Gasteiger partial charge in [-0.1, -0.05) is 51.3 Å². The third-order valence-electron chi connectivity index (χ3n) is 7.69. The fraction of sp³-hybridized carbons (Fsp3) is 0.419. The number of hydrogen-bond acceptors (Lipinski definition) is 8. The van der Waals surface area contributed by atoms with Crippen LogP contribution in [0.2, 0.25) is 0 Å². The molecule has 0 aliphatic heterocycles. The zero-order valence-corrected chi connectivity index (χ0v) is 24.3. The number of hydrogen-bond donors (Lipinski definition) is 3. The highest BCUT2D eigenvalue weighted by Crippen LogP contribution is 2.28. The quantitative estimate of drug-likeness (QED) is 0.182. The topological polar surface area (TPSA) is 144 Å². The van der Waals surface area contributed by atoms with Crippen LogP contribution < -0.4 is 15.7 Å². The summed E-state index contributed by atoms with van der Waals surface area (Å²) in [5.74, 6) is 0.753. The van der Waals surface area contributed by atoms with Crippen LogP contribution in [0.3, 0.4) is 0 Å². The fourth-order valence-corrected chi connectivity index (χ4v) is 6.35. The van der Waals surface area contributed by atoms with E-state index in [0.717, 1.165) is 36.3 Å². The van der Waals surface area contributed by atoms with E-state index in [-0.39, 0.29) is 18.0 Å². The molecule has 2 aromatic heterocycles. The Bertz CT molecular complexity index is 1580. The largest absolute Gasteiger partial charge is 0.387 e. The van der Waals surface area contributed by atoms with Crippen molar-refractivity contribution in [3.8, 4) is 5.69 Å². The Labute approximate surface area is 253 Å². The molecule has 1 saturated carbocycles. The Balaban J connectivity index is 0.00000423. The average Bonchev–Trinajstić information content (AvgIpc) is 3.66. The van der Waals surface area contributed by atoms with Crippen LogP contribution >= 0.6 is 0 Å². The maximum absolute atomic E-state index is 13.0. The van der Waals surface area contributed by atoms with Gasteiger partial charge in [-0.2, -0.15) is 9.36 Å². The molecule has 1 aliphatic carbocycles. The third kappa shape index (κ3) is 8.59. The summed E-state index contributed by atoms with van der Waals surface area (Å²) in [5.41, 5.74) is 2.35. The highest BCUT2D eigenvalue weighted by molar-refractivity contribution is 7.92. The van der Waals surface area contributed by atoms with E-state index >= 15 is 0 Å². The molecule has 4 aromatic rings. The Morgan fingerprint density at radius 2 is 1.74 bits per heavy atom. The first-order chi connectivity index (χ1) is 20.4. The minimum Gasteiger partial charge on any atom is -0.387 e. The second kappa shape index (κ2) is 15.0. The molecular weight excluding hydrogens is 566 g/mol. The van der Waals surface area contributed by atoms with Gasteiger partial charge in [0.2, 0.25) is 0 Å². The highest BCUT2D eigenvalue weighted by atomic mass is 32.2. The van der Waals surface area contributed by atoms with Crippen molar-refractivity contribution in [1.82, 2.24) is 30.1 Å². The first kappa shape index (κ1) is 32.1. The number of aliphatic hydroxyl groups excluding tert-OH is 1. The van der Waals surface area contributed by atoms with Crippen molar-refractivity contribution in [1.29, 1.82) is 0 Å². The molecule has 0 unspecified atom stereocenters. The van der Waals surface area contributed by atoms with Gasteiger partial charge in [0.25, 0.3) is 10.0 Å². The lowest BCUT2D eigenvalue weighted by Crippen LogP contribution is -2.24. The number of aryl methyl sites for hydroxylation is 1. The molecule has 0 saturated heterocycles. The Hall–Kier alpha value is -3.87. The number of tetrazole rings is 1. The van der Waals surface area contributed by atoms with E-state index < -0.39 is 16.1 Å². The summed E-state index contributed by atoms with van der Waals surface area (Å²) in [5, 5.41) is 21.4. The number of nitrogens with one attached hydrogen (secondary N) is 2. The lowest BCUT2D eigenvalue weighted by molar-refractivity contribution is 0.174. The minimum atomic E-state index is -3.83. The first-order valence-corrected chi connectivity index (χ1v) is 15.9. The molecule has 2 aromatic carbocycles. The third-order valence-corrected chi connectivity index (χ3v) is 9.09. The molecule has 11 nitrogen and oxygen atoms in total. The molecule has 0 amide bonds. The van der Waals surface area contributed by atoms with E-state index in [0.29, 0.717) is 31.0 Å². The molecule has 2 heterocycles. The normalized spacial score (nSPS) is 14.3. The summed E-state index contributed by atoms with van der Waals surface area (Å²) in [6, 6.07) is 16.8. The predicted octanol–water partition coefficient (Wildman–Crippen LogP) is 4.10. The molecule has 43 heavy (non-hydrogen) atoms. The van der Waals surface area contributed by atoms with Crippen LogP contribution in [0.15, 0.2) is 82.7 Å². The van der Waals surface area contributed by atoms with E-state index in [2.05, 4.69) is 25.4 Å². The van der Waals surface area contributed by atoms with Gasteiger partial charge in [-0.05, 0) is 90.2 Å². The fourth-order valence-electron chi connectivity index (χ4n) is 5.29. The molecule has 0 radical (unpaired) electrons. The highest BCUT2D eigenvalue weighted by Gasteiger charge is 2.17. The molecule has 230 valence electrons. The second-order valence-corrected chi connectivity index (χ2v) is 12.4. The Morgan fingerprint density at radius 1 is 1.00 bits per heavy atom. The number of aliphatic hydroxyl groups is 1. The SMILES string of the molecule is C.O=c1n(CCCC2CCCC2)nnn1-c1ccc(S(=O)(=O)Nc2ccc(CCNC[C@H](O)c3cccnc3)cc2)cc1. The van der Waals surface area contributed by atoms with E-state index in [1.54, 1.807) is 42.7 Å². The van der Waals surface area contributed by atoms with Gasteiger partial charge in [0.05, 0.1) is 16.7 Å². The molecule has 1 aliphatic rings. The summed E-state index contributed by atoms with van der Waals surface area (Å²) in [6.07, 6.45) is 10.5. The van der Waals surface area contributed by atoms with Crippen LogP contribution in [0.5, 0.6) is 0 Å². The zero-order valence-electron chi connectivity index (χ0n) is 23.5. The monoisotopic (exact) mass is 607 g/mol. The maximum Gasteiger partial charge on any atom is 0.368 e. The Kier molecular flexibility index (Phi) is 11.2. The van der Waals surface area contributed by atoms with Gasteiger partial charge >= 0.3 is 5.69 Å². The first-order valence-electron chi connectivity index (χ1n) is 14.4. The van der Waals surface area contributed by atoms with Crippen LogP contribution in [0.25, 0.3) is 5.69 Å². The van der Waals surface area contributed by atoms with Crippen molar-refractivity contribution in [2.24, 2.45) is 5.92 Å². The van der Waals surface area contributed by atoms with E-state index in [1.807, 2.05) is 18.2 Å². The number of sulfonamides is 1. The van der Waals surface area contributed by atoms with Gasteiger partial charge in [-0.15, -0.1) is 0 Å². The number of aromatic nitrogens is 5. The number of nitrogens with zero attached hydrogens (tertiary/aromatic N) is 5. The van der Waals surface area contributed by atoms with Crippen molar-refractivity contribution < 1.29 is 13.5 Å². The second-order valence-electron chi connectivity index (χ2n) is 10.7. The van der Waals surface area contributed by atoms with Crippen molar-refractivity contribution in [3.63, 3.8) is 0 Å². The average molecular weight is 608 g/mol. The van der Waals surface area contributed by atoms with Gasteiger partial charge in [-0.3, -0.25) is 9.71 Å². The summed E-state index contributed by atoms with van der Waals surface area (Å²) in [4.78, 5) is 16.9. The van der Waals surface area contributed by atoms with Crippen molar-refractivity contribution in [2.75, 3.05) is 17.8 Å².